The summed E-state index contributed by atoms with van der Waals surface area (Å²) in [7, 11) is 0. The van der Waals surface area contributed by atoms with Gasteiger partial charge in [0.05, 0.1) is 5.69 Å². The standard InChI is InChI=1S/C25H36N4O/c1-19(2)22-5-3-4-6-23(22)24-16-28(15-20-17-30-18-27-20)11-12-29(24)21-13-25(14-21)7-9-26-10-8-25/h3-6,17-19,21,24,26H,7-16H2,1-2H3. The van der Waals surface area contributed by atoms with Gasteiger partial charge in [0.2, 0.25) is 0 Å². The first-order valence-corrected chi connectivity index (χ1v) is 11.8. The third-order valence-corrected chi connectivity index (χ3v) is 7.82. The van der Waals surface area contributed by atoms with E-state index in [0.717, 1.165) is 37.9 Å². The van der Waals surface area contributed by atoms with Gasteiger partial charge in [0.25, 0.3) is 0 Å². The summed E-state index contributed by atoms with van der Waals surface area (Å²) < 4.78 is 5.21. The number of piperazine rings is 1. The van der Waals surface area contributed by atoms with Crippen molar-refractivity contribution in [3.05, 3.63) is 53.7 Å². The zero-order valence-corrected chi connectivity index (χ0v) is 18.5. The Morgan fingerprint density at radius 2 is 1.97 bits per heavy atom. The van der Waals surface area contributed by atoms with E-state index in [2.05, 4.69) is 58.2 Å². The molecule has 1 atom stereocenters. The second-order valence-corrected chi connectivity index (χ2v) is 10.1. The Labute approximate surface area is 180 Å². The van der Waals surface area contributed by atoms with E-state index in [4.69, 9.17) is 4.42 Å². The van der Waals surface area contributed by atoms with Gasteiger partial charge in [-0.25, -0.2) is 4.98 Å². The number of rotatable bonds is 5. The van der Waals surface area contributed by atoms with Gasteiger partial charge in [-0.15, -0.1) is 0 Å². The van der Waals surface area contributed by atoms with Crippen LogP contribution in [-0.4, -0.2) is 53.5 Å². The summed E-state index contributed by atoms with van der Waals surface area (Å²) in [6.07, 6.45) is 8.84. The van der Waals surface area contributed by atoms with Crippen molar-refractivity contribution in [3.63, 3.8) is 0 Å². The summed E-state index contributed by atoms with van der Waals surface area (Å²) in [5.41, 5.74) is 4.70. The third-order valence-electron chi connectivity index (χ3n) is 7.82. The molecule has 3 fully saturated rings. The Bertz CT molecular complexity index is 819. The van der Waals surface area contributed by atoms with Gasteiger partial charge >= 0.3 is 0 Å². The Balaban J connectivity index is 1.37. The Kier molecular flexibility index (Phi) is 5.69. The van der Waals surface area contributed by atoms with Crippen LogP contribution in [0, 0.1) is 5.41 Å². The van der Waals surface area contributed by atoms with Crippen LogP contribution in [0.25, 0.3) is 0 Å². The first kappa shape index (κ1) is 20.2. The van der Waals surface area contributed by atoms with Gasteiger partial charge in [-0.05, 0) is 61.2 Å². The first-order valence-electron chi connectivity index (χ1n) is 11.8. The zero-order chi connectivity index (χ0) is 20.6. The maximum absolute atomic E-state index is 5.21. The van der Waals surface area contributed by atoms with E-state index >= 15 is 0 Å². The van der Waals surface area contributed by atoms with Crippen LogP contribution in [0.2, 0.25) is 0 Å². The molecule has 5 nitrogen and oxygen atoms in total. The second kappa shape index (κ2) is 8.45. The highest BCUT2D eigenvalue weighted by atomic mass is 16.3. The average molecular weight is 409 g/mol. The molecule has 1 aromatic heterocycles. The molecule has 1 unspecified atom stereocenters. The van der Waals surface area contributed by atoms with Crippen molar-refractivity contribution >= 4 is 0 Å². The summed E-state index contributed by atoms with van der Waals surface area (Å²) in [4.78, 5) is 9.78. The summed E-state index contributed by atoms with van der Waals surface area (Å²) in [5.74, 6) is 0.547. The molecule has 0 bridgehead atoms. The number of oxazole rings is 1. The molecular weight excluding hydrogens is 372 g/mol. The summed E-state index contributed by atoms with van der Waals surface area (Å²) >= 11 is 0. The zero-order valence-electron chi connectivity index (χ0n) is 18.5. The summed E-state index contributed by atoms with van der Waals surface area (Å²) in [6, 6.07) is 10.4. The fourth-order valence-corrected chi connectivity index (χ4v) is 6.14. The minimum atomic E-state index is 0.466. The van der Waals surface area contributed by atoms with Crippen molar-refractivity contribution in [2.24, 2.45) is 5.41 Å². The van der Waals surface area contributed by atoms with Gasteiger partial charge in [0, 0.05) is 38.3 Å². The van der Waals surface area contributed by atoms with E-state index in [0.29, 0.717) is 17.4 Å². The Morgan fingerprint density at radius 1 is 1.17 bits per heavy atom. The van der Waals surface area contributed by atoms with E-state index < -0.39 is 0 Å². The maximum atomic E-state index is 5.21. The highest BCUT2D eigenvalue weighted by Gasteiger charge is 2.49. The van der Waals surface area contributed by atoms with Gasteiger partial charge in [0.15, 0.2) is 6.39 Å². The van der Waals surface area contributed by atoms with Crippen LogP contribution < -0.4 is 5.32 Å². The molecule has 2 aliphatic heterocycles. The lowest BCUT2D eigenvalue weighted by molar-refractivity contribution is -0.0651. The monoisotopic (exact) mass is 408 g/mol. The molecule has 0 amide bonds. The molecule has 3 aliphatic rings. The molecule has 5 rings (SSSR count). The van der Waals surface area contributed by atoms with Crippen LogP contribution in [0.4, 0.5) is 0 Å². The molecular formula is C25H36N4O. The van der Waals surface area contributed by atoms with Crippen molar-refractivity contribution in [2.75, 3.05) is 32.7 Å². The van der Waals surface area contributed by atoms with E-state index in [1.165, 1.54) is 49.9 Å². The quantitative estimate of drug-likeness (QED) is 0.804. The topological polar surface area (TPSA) is 44.5 Å². The minimum Gasteiger partial charge on any atom is -0.451 e. The van der Waals surface area contributed by atoms with Gasteiger partial charge in [-0.1, -0.05) is 38.1 Å². The lowest BCUT2D eigenvalue weighted by atomic mass is 9.60. The molecule has 5 heteroatoms. The number of nitrogens with zero attached hydrogens (tertiary/aromatic N) is 3. The highest BCUT2D eigenvalue weighted by molar-refractivity contribution is 5.33. The number of hydrogen-bond donors (Lipinski definition) is 1. The largest absolute Gasteiger partial charge is 0.451 e. The number of benzene rings is 1. The number of hydrogen-bond acceptors (Lipinski definition) is 5. The predicted octanol–water partition coefficient (Wildman–Crippen LogP) is 4.19. The Hall–Kier alpha value is -1.69. The fraction of sp³-hybridized carbons (Fsp3) is 0.640. The summed E-state index contributed by atoms with van der Waals surface area (Å²) in [6.45, 7) is 11.3. The lowest BCUT2D eigenvalue weighted by Gasteiger charge is -2.57. The van der Waals surface area contributed by atoms with E-state index in [9.17, 15) is 0 Å². The molecule has 1 N–H and O–H groups in total. The van der Waals surface area contributed by atoms with Crippen LogP contribution >= 0.6 is 0 Å². The average Bonchev–Trinajstić information content (AvgIpc) is 3.25. The second-order valence-electron chi connectivity index (χ2n) is 10.1. The van der Waals surface area contributed by atoms with Gasteiger partial charge in [0.1, 0.15) is 6.26 Å². The molecule has 0 radical (unpaired) electrons. The predicted molar refractivity (Wildman–Crippen MR) is 119 cm³/mol. The van der Waals surface area contributed by atoms with Crippen molar-refractivity contribution in [2.45, 2.75) is 64.1 Å². The van der Waals surface area contributed by atoms with E-state index in [1.54, 1.807) is 12.7 Å². The number of piperidine rings is 1. The smallest absolute Gasteiger partial charge is 0.180 e. The molecule has 1 aromatic carbocycles. The maximum Gasteiger partial charge on any atom is 0.180 e. The number of aromatic nitrogens is 1. The molecule has 1 aliphatic carbocycles. The first-order chi connectivity index (χ1) is 14.6. The van der Waals surface area contributed by atoms with Crippen molar-refractivity contribution in [3.8, 4) is 0 Å². The van der Waals surface area contributed by atoms with E-state index in [-0.39, 0.29) is 0 Å². The van der Waals surface area contributed by atoms with Crippen LogP contribution in [0.15, 0.2) is 41.3 Å². The van der Waals surface area contributed by atoms with Gasteiger partial charge in [-0.3, -0.25) is 9.80 Å². The van der Waals surface area contributed by atoms with Gasteiger partial charge in [-0.2, -0.15) is 0 Å². The van der Waals surface area contributed by atoms with Crippen LogP contribution in [0.5, 0.6) is 0 Å². The van der Waals surface area contributed by atoms with Crippen LogP contribution in [0.1, 0.15) is 68.3 Å². The normalized spacial score (nSPS) is 25.6. The molecule has 1 saturated carbocycles. The molecule has 1 spiro atoms. The van der Waals surface area contributed by atoms with Crippen molar-refractivity contribution < 1.29 is 4.42 Å². The fourth-order valence-electron chi connectivity index (χ4n) is 6.14. The van der Waals surface area contributed by atoms with Crippen molar-refractivity contribution in [1.82, 2.24) is 20.1 Å². The van der Waals surface area contributed by atoms with Crippen LogP contribution in [0.3, 0.4) is 0 Å². The van der Waals surface area contributed by atoms with Crippen molar-refractivity contribution in [1.29, 1.82) is 0 Å². The van der Waals surface area contributed by atoms with E-state index in [1.807, 2.05) is 0 Å². The van der Waals surface area contributed by atoms with Crippen LogP contribution in [-0.2, 0) is 6.54 Å². The molecule has 3 heterocycles. The molecule has 30 heavy (non-hydrogen) atoms. The third kappa shape index (κ3) is 3.95. The summed E-state index contributed by atoms with van der Waals surface area (Å²) in [5, 5.41) is 3.55. The highest BCUT2D eigenvalue weighted by Crippen LogP contribution is 2.52. The molecule has 2 aromatic rings. The Morgan fingerprint density at radius 3 is 2.70 bits per heavy atom. The molecule has 2 saturated heterocycles. The SMILES string of the molecule is CC(C)c1ccccc1C1CN(Cc2cocn2)CCN1C1CC2(CCNCC2)C1. The molecule has 162 valence electrons. The minimum absolute atomic E-state index is 0.466. The number of nitrogens with one attached hydrogen (secondary N) is 1. The van der Waals surface area contributed by atoms with Gasteiger partial charge < -0.3 is 9.73 Å². The lowest BCUT2D eigenvalue weighted by Crippen LogP contribution is -2.59.